The molecule has 0 aliphatic heterocycles. The predicted molar refractivity (Wildman–Crippen MR) is 79.8 cm³/mol. The second kappa shape index (κ2) is 5.81. The third-order valence-corrected chi connectivity index (χ3v) is 3.40. The Labute approximate surface area is 110 Å². The number of para-hydroxylation sites is 1. The molecular weight excluding hydrogens is 218 g/mol. The van der Waals surface area contributed by atoms with Crippen molar-refractivity contribution in [1.29, 1.82) is 0 Å². The molecule has 0 N–H and O–H groups in total. The molecule has 1 aromatic carbocycles. The molecule has 0 amide bonds. The summed E-state index contributed by atoms with van der Waals surface area (Å²) >= 11 is 0. The van der Waals surface area contributed by atoms with Gasteiger partial charge in [0.05, 0.1) is 5.52 Å². The van der Waals surface area contributed by atoms with Crippen molar-refractivity contribution >= 4 is 17.0 Å². The van der Waals surface area contributed by atoms with Crippen LogP contribution in [0.4, 0.5) is 0 Å². The van der Waals surface area contributed by atoms with Gasteiger partial charge < -0.3 is 0 Å². The Balaban J connectivity index is 2.41. The molecule has 2 aromatic rings. The summed E-state index contributed by atoms with van der Waals surface area (Å²) in [5.74, 6) is 0. The van der Waals surface area contributed by atoms with E-state index in [4.69, 9.17) is 0 Å². The molecule has 2 rings (SSSR count). The number of hydrogen-bond donors (Lipinski definition) is 0. The van der Waals surface area contributed by atoms with Gasteiger partial charge in [-0.25, -0.2) is 0 Å². The van der Waals surface area contributed by atoms with Crippen LogP contribution in [0.1, 0.15) is 43.0 Å². The summed E-state index contributed by atoms with van der Waals surface area (Å²) in [5.41, 5.74) is 4.84. The summed E-state index contributed by atoms with van der Waals surface area (Å²) in [6.07, 6.45) is 8.17. The van der Waals surface area contributed by atoms with E-state index in [1.807, 2.05) is 6.07 Å². The van der Waals surface area contributed by atoms with Gasteiger partial charge in [-0.2, -0.15) is 0 Å². The van der Waals surface area contributed by atoms with Crippen LogP contribution < -0.4 is 0 Å². The van der Waals surface area contributed by atoms with E-state index >= 15 is 0 Å². The SMILES string of the molecule is CCCC/C=C/c1c(C)nc2ccccc2c1C. The zero-order valence-corrected chi connectivity index (χ0v) is 11.5. The fourth-order valence-electron chi connectivity index (χ4n) is 2.31. The van der Waals surface area contributed by atoms with Gasteiger partial charge in [0.2, 0.25) is 0 Å². The van der Waals surface area contributed by atoms with Crippen molar-refractivity contribution in [2.24, 2.45) is 0 Å². The number of nitrogens with zero attached hydrogens (tertiary/aromatic N) is 1. The molecule has 1 heterocycles. The van der Waals surface area contributed by atoms with Crippen molar-refractivity contribution in [3.63, 3.8) is 0 Å². The molecule has 0 radical (unpaired) electrons. The molecule has 94 valence electrons. The van der Waals surface area contributed by atoms with E-state index in [9.17, 15) is 0 Å². The van der Waals surface area contributed by atoms with Crippen LogP contribution in [-0.2, 0) is 0 Å². The van der Waals surface area contributed by atoms with Gasteiger partial charge in [-0.15, -0.1) is 0 Å². The zero-order valence-electron chi connectivity index (χ0n) is 11.5. The van der Waals surface area contributed by atoms with Crippen LogP contribution in [0.5, 0.6) is 0 Å². The van der Waals surface area contributed by atoms with Gasteiger partial charge in [-0.05, 0) is 37.5 Å². The molecule has 1 nitrogen and oxygen atoms in total. The van der Waals surface area contributed by atoms with Crippen LogP contribution in [-0.4, -0.2) is 4.98 Å². The molecule has 0 spiro atoms. The number of rotatable bonds is 4. The van der Waals surface area contributed by atoms with E-state index in [0.717, 1.165) is 17.6 Å². The van der Waals surface area contributed by atoms with Gasteiger partial charge in [0, 0.05) is 11.1 Å². The molecule has 0 saturated heterocycles. The fourth-order valence-corrected chi connectivity index (χ4v) is 2.31. The largest absolute Gasteiger partial charge is 0.252 e. The Morgan fingerprint density at radius 3 is 2.72 bits per heavy atom. The molecule has 0 saturated carbocycles. The maximum Gasteiger partial charge on any atom is 0.0708 e. The van der Waals surface area contributed by atoms with Gasteiger partial charge in [0.1, 0.15) is 0 Å². The highest BCUT2D eigenvalue weighted by Crippen LogP contribution is 2.23. The van der Waals surface area contributed by atoms with Crippen molar-refractivity contribution in [3.8, 4) is 0 Å². The lowest BCUT2D eigenvalue weighted by Gasteiger charge is -2.09. The predicted octanol–water partition coefficient (Wildman–Crippen LogP) is 5.06. The average Bonchev–Trinajstić information content (AvgIpc) is 2.38. The molecule has 0 fully saturated rings. The number of aryl methyl sites for hydroxylation is 2. The van der Waals surface area contributed by atoms with Gasteiger partial charge in [0.25, 0.3) is 0 Å². The van der Waals surface area contributed by atoms with E-state index in [-0.39, 0.29) is 0 Å². The maximum absolute atomic E-state index is 4.68. The summed E-state index contributed by atoms with van der Waals surface area (Å²) in [5, 5.41) is 1.26. The summed E-state index contributed by atoms with van der Waals surface area (Å²) in [4.78, 5) is 4.68. The van der Waals surface area contributed by atoms with Crippen LogP contribution in [0.2, 0.25) is 0 Å². The third kappa shape index (κ3) is 2.61. The molecular formula is C17H21N. The highest BCUT2D eigenvalue weighted by molar-refractivity contribution is 5.85. The summed E-state index contributed by atoms with van der Waals surface area (Å²) < 4.78 is 0. The number of unbranched alkanes of at least 4 members (excludes halogenated alkanes) is 2. The molecule has 18 heavy (non-hydrogen) atoms. The number of benzene rings is 1. The minimum absolute atomic E-state index is 1.10. The standard InChI is InChI=1S/C17H21N/c1-4-5-6-7-10-15-13(2)16-11-8-9-12-17(16)18-14(15)3/h7-12H,4-6H2,1-3H3/b10-7+. The first-order valence-electron chi connectivity index (χ1n) is 6.76. The van der Waals surface area contributed by atoms with E-state index in [2.05, 4.69) is 56.1 Å². The van der Waals surface area contributed by atoms with E-state index in [1.54, 1.807) is 0 Å². The minimum Gasteiger partial charge on any atom is -0.252 e. The fraction of sp³-hybridized carbons (Fsp3) is 0.353. The Hall–Kier alpha value is -1.63. The Bertz CT molecular complexity index is 567. The number of fused-ring (bicyclic) bond motifs is 1. The lowest BCUT2D eigenvalue weighted by Crippen LogP contribution is -1.93. The van der Waals surface area contributed by atoms with Crippen molar-refractivity contribution in [2.75, 3.05) is 0 Å². The van der Waals surface area contributed by atoms with Crippen molar-refractivity contribution in [1.82, 2.24) is 4.98 Å². The Kier molecular flexibility index (Phi) is 4.14. The van der Waals surface area contributed by atoms with E-state index < -0.39 is 0 Å². The minimum atomic E-state index is 1.10. The van der Waals surface area contributed by atoms with Crippen LogP contribution in [0.15, 0.2) is 30.3 Å². The lowest BCUT2D eigenvalue weighted by molar-refractivity contribution is 0.816. The van der Waals surface area contributed by atoms with Crippen molar-refractivity contribution < 1.29 is 0 Å². The van der Waals surface area contributed by atoms with Gasteiger partial charge in [-0.3, -0.25) is 4.98 Å². The first kappa shape index (κ1) is 12.8. The average molecular weight is 239 g/mol. The molecule has 0 bridgehead atoms. The second-order valence-corrected chi connectivity index (χ2v) is 4.80. The zero-order chi connectivity index (χ0) is 13.0. The molecule has 0 atom stereocenters. The van der Waals surface area contributed by atoms with E-state index in [1.165, 1.54) is 29.4 Å². The van der Waals surface area contributed by atoms with Crippen LogP contribution in [0.3, 0.4) is 0 Å². The number of hydrogen-bond acceptors (Lipinski definition) is 1. The summed E-state index contributed by atoms with van der Waals surface area (Å²) in [7, 11) is 0. The van der Waals surface area contributed by atoms with Gasteiger partial charge in [-0.1, -0.05) is 50.1 Å². The third-order valence-electron chi connectivity index (χ3n) is 3.40. The summed E-state index contributed by atoms with van der Waals surface area (Å²) in [6.45, 7) is 6.51. The number of pyridine rings is 1. The second-order valence-electron chi connectivity index (χ2n) is 4.80. The quantitative estimate of drug-likeness (QED) is 0.680. The molecule has 0 unspecified atom stereocenters. The van der Waals surface area contributed by atoms with Gasteiger partial charge in [0.15, 0.2) is 0 Å². The first-order chi connectivity index (χ1) is 8.74. The molecule has 0 aliphatic rings. The highest BCUT2D eigenvalue weighted by atomic mass is 14.7. The van der Waals surface area contributed by atoms with Crippen LogP contribution in [0.25, 0.3) is 17.0 Å². The normalized spacial score (nSPS) is 11.5. The summed E-state index contributed by atoms with van der Waals surface area (Å²) in [6, 6.07) is 8.36. The monoisotopic (exact) mass is 239 g/mol. The topological polar surface area (TPSA) is 12.9 Å². The highest BCUT2D eigenvalue weighted by Gasteiger charge is 2.05. The Morgan fingerprint density at radius 2 is 1.94 bits per heavy atom. The van der Waals surface area contributed by atoms with Crippen LogP contribution in [0, 0.1) is 13.8 Å². The van der Waals surface area contributed by atoms with Crippen molar-refractivity contribution in [2.45, 2.75) is 40.0 Å². The lowest BCUT2D eigenvalue weighted by atomic mass is 10.0. The first-order valence-corrected chi connectivity index (χ1v) is 6.76. The van der Waals surface area contributed by atoms with Crippen molar-refractivity contribution in [3.05, 3.63) is 47.2 Å². The molecule has 1 aromatic heterocycles. The van der Waals surface area contributed by atoms with E-state index in [0.29, 0.717) is 0 Å². The number of aromatic nitrogens is 1. The maximum atomic E-state index is 4.68. The van der Waals surface area contributed by atoms with Gasteiger partial charge >= 0.3 is 0 Å². The smallest absolute Gasteiger partial charge is 0.0708 e. The van der Waals surface area contributed by atoms with Crippen LogP contribution >= 0.6 is 0 Å². The molecule has 0 aliphatic carbocycles. The molecule has 1 heteroatoms. The Morgan fingerprint density at radius 1 is 1.17 bits per heavy atom. The number of allylic oxidation sites excluding steroid dienone is 1.